The summed E-state index contributed by atoms with van der Waals surface area (Å²) in [6.07, 6.45) is 0.742. The summed E-state index contributed by atoms with van der Waals surface area (Å²) in [5, 5.41) is 13.1. The van der Waals surface area contributed by atoms with Gasteiger partial charge in [-0.3, -0.25) is 0 Å². The number of hydrogen-bond acceptors (Lipinski definition) is 4. The van der Waals surface area contributed by atoms with Crippen molar-refractivity contribution in [1.82, 2.24) is 5.32 Å². The highest BCUT2D eigenvalue weighted by Gasteiger charge is 2.19. The number of methoxy groups -OCH3 is 1. The number of carbonyl (C=O) groups is 1. The normalized spacial score (nSPS) is 14.5. The van der Waals surface area contributed by atoms with E-state index in [1.165, 1.54) is 7.11 Å². The van der Waals surface area contributed by atoms with Gasteiger partial charge in [-0.2, -0.15) is 0 Å². The van der Waals surface area contributed by atoms with Gasteiger partial charge in [0.25, 0.3) is 0 Å². The third-order valence-electron chi connectivity index (χ3n) is 2.65. The summed E-state index contributed by atoms with van der Waals surface area (Å²) in [6, 6.07) is 3.46. The van der Waals surface area contributed by atoms with E-state index >= 15 is 0 Å². The van der Waals surface area contributed by atoms with Crippen molar-refractivity contribution in [2.75, 3.05) is 13.7 Å². The van der Waals surface area contributed by atoms with Gasteiger partial charge in [0.2, 0.25) is 0 Å². The number of rotatable bonds is 1. The summed E-state index contributed by atoms with van der Waals surface area (Å²) >= 11 is 0. The van der Waals surface area contributed by atoms with Crippen molar-refractivity contribution in [3.8, 4) is 5.75 Å². The van der Waals surface area contributed by atoms with Crippen LogP contribution in [-0.4, -0.2) is 24.7 Å². The van der Waals surface area contributed by atoms with Crippen molar-refractivity contribution < 1.29 is 14.6 Å². The lowest BCUT2D eigenvalue weighted by molar-refractivity contribution is 0.0597. The first kappa shape index (κ1) is 9.98. The molecule has 1 aliphatic heterocycles. The molecule has 0 saturated carbocycles. The smallest absolute Gasteiger partial charge is 0.341 e. The van der Waals surface area contributed by atoms with Crippen molar-refractivity contribution >= 4 is 5.97 Å². The number of carbonyl (C=O) groups excluding carboxylic acids is 1. The standard InChI is InChI=1S/C11H13NO3/c1-15-11(14)9-3-2-7-6-12-5-4-8(7)10(9)13/h2-3,12-13H,4-6H2,1H3. The van der Waals surface area contributed by atoms with E-state index in [9.17, 15) is 9.90 Å². The van der Waals surface area contributed by atoms with Crippen LogP contribution >= 0.6 is 0 Å². The molecule has 0 aromatic heterocycles. The fourth-order valence-electron chi connectivity index (χ4n) is 1.83. The second kappa shape index (κ2) is 3.90. The van der Waals surface area contributed by atoms with Crippen LogP contribution in [0.15, 0.2) is 12.1 Å². The molecule has 1 aromatic carbocycles. The number of phenolic OH excluding ortho intramolecular Hbond substituents is 1. The molecule has 0 saturated heterocycles. The third-order valence-corrected chi connectivity index (χ3v) is 2.65. The average molecular weight is 207 g/mol. The third kappa shape index (κ3) is 1.68. The number of aromatic hydroxyl groups is 1. The zero-order valence-corrected chi connectivity index (χ0v) is 8.54. The van der Waals surface area contributed by atoms with Crippen LogP contribution in [0.5, 0.6) is 5.75 Å². The number of ether oxygens (including phenoxy) is 1. The number of hydrogen-bond donors (Lipinski definition) is 2. The number of nitrogens with one attached hydrogen (secondary N) is 1. The van der Waals surface area contributed by atoms with Crippen LogP contribution in [0.2, 0.25) is 0 Å². The first-order chi connectivity index (χ1) is 7.24. The Labute approximate surface area is 87.9 Å². The molecule has 0 spiro atoms. The summed E-state index contributed by atoms with van der Waals surface area (Å²) in [6.45, 7) is 1.57. The van der Waals surface area contributed by atoms with E-state index < -0.39 is 5.97 Å². The molecule has 15 heavy (non-hydrogen) atoms. The minimum absolute atomic E-state index is 0.0702. The summed E-state index contributed by atoms with van der Waals surface area (Å²) in [7, 11) is 1.31. The molecule has 2 N–H and O–H groups in total. The lowest BCUT2D eigenvalue weighted by Crippen LogP contribution is -2.24. The van der Waals surface area contributed by atoms with Crippen molar-refractivity contribution in [1.29, 1.82) is 0 Å². The maximum atomic E-state index is 11.3. The van der Waals surface area contributed by atoms with Crippen molar-refractivity contribution in [2.24, 2.45) is 0 Å². The zero-order valence-electron chi connectivity index (χ0n) is 8.54. The zero-order chi connectivity index (χ0) is 10.8. The largest absolute Gasteiger partial charge is 0.507 e. The molecule has 0 unspecified atom stereocenters. The molecular formula is C11H13NO3. The molecule has 4 heteroatoms. The van der Waals surface area contributed by atoms with Crippen LogP contribution in [0.25, 0.3) is 0 Å². The number of phenols is 1. The van der Waals surface area contributed by atoms with Crippen LogP contribution < -0.4 is 5.32 Å². The van der Waals surface area contributed by atoms with E-state index in [-0.39, 0.29) is 11.3 Å². The topological polar surface area (TPSA) is 58.6 Å². The van der Waals surface area contributed by atoms with Crippen molar-refractivity contribution in [2.45, 2.75) is 13.0 Å². The first-order valence-corrected chi connectivity index (χ1v) is 4.87. The minimum Gasteiger partial charge on any atom is -0.507 e. The minimum atomic E-state index is -0.492. The van der Waals surface area contributed by atoms with Gasteiger partial charge < -0.3 is 15.2 Å². The average Bonchev–Trinajstić information content (AvgIpc) is 2.29. The van der Waals surface area contributed by atoms with Gasteiger partial charge in [-0.05, 0) is 24.6 Å². The maximum Gasteiger partial charge on any atom is 0.341 e. The number of esters is 1. The summed E-state index contributed by atoms with van der Waals surface area (Å²) in [5.74, 6) is -0.422. The Bertz CT molecular complexity index is 401. The molecule has 2 rings (SSSR count). The highest BCUT2D eigenvalue weighted by molar-refractivity contribution is 5.93. The molecular weight excluding hydrogens is 194 g/mol. The van der Waals surface area contributed by atoms with Crippen LogP contribution in [0.1, 0.15) is 21.5 Å². The van der Waals surface area contributed by atoms with Gasteiger partial charge in [0, 0.05) is 12.1 Å². The van der Waals surface area contributed by atoms with Crippen LogP contribution in [0, 0.1) is 0 Å². The lowest BCUT2D eigenvalue weighted by Gasteiger charge is -2.19. The molecule has 4 nitrogen and oxygen atoms in total. The van der Waals surface area contributed by atoms with Crippen molar-refractivity contribution in [3.63, 3.8) is 0 Å². The first-order valence-electron chi connectivity index (χ1n) is 4.87. The molecule has 0 radical (unpaired) electrons. The van der Waals surface area contributed by atoms with E-state index in [0.717, 1.165) is 30.6 Å². The molecule has 0 atom stereocenters. The SMILES string of the molecule is COC(=O)c1ccc2c(c1O)CCNC2. The predicted molar refractivity (Wildman–Crippen MR) is 54.9 cm³/mol. The summed E-state index contributed by atoms with van der Waals surface area (Å²) < 4.78 is 4.59. The van der Waals surface area contributed by atoms with Crippen LogP contribution in [-0.2, 0) is 17.7 Å². The monoisotopic (exact) mass is 207 g/mol. The van der Waals surface area contributed by atoms with E-state index in [0.29, 0.717) is 0 Å². The van der Waals surface area contributed by atoms with Gasteiger partial charge >= 0.3 is 5.97 Å². The molecule has 80 valence electrons. The van der Waals surface area contributed by atoms with E-state index in [2.05, 4.69) is 10.1 Å². The van der Waals surface area contributed by atoms with Crippen molar-refractivity contribution in [3.05, 3.63) is 28.8 Å². The quantitative estimate of drug-likeness (QED) is 0.669. The second-order valence-electron chi connectivity index (χ2n) is 3.52. The molecule has 0 aliphatic carbocycles. The highest BCUT2D eigenvalue weighted by atomic mass is 16.5. The molecule has 1 heterocycles. The van der Waals surface area contributed by atoms with E-state index in [1.54, 1.807) is 6.07 Å². The molecule has 1 aliphatic rings. The van der Waals surface area contributed by atoms with Crippen LogP contribution in [0.3, 0.4) is 0 Å². The molecule has 0 fully saturated rings. The Morgan fingerprint density at radius 3 is 3.07 bits per heavy atom. The second-order valence-corrected chi connectivity index (χ2v) is 3.52. The van der Waals surface area contributed by atoms with E-state index in [4.69, 9.17) is 0 Å². The Morgan fingerprint density at radius 1 is 1.53 bits per heavy atom. The van der Waals surface area contributed by atoms with Gasteiger partial charge in [-0.1, -0.05) is 6.07 Å². The molecule has 0 bridgehead atoms. The predicted octanol–water partition coefficient (Wildman–Crippen LogP) is 0.825. The Morgan fingerprint density at radius 2 is 2.33 bits per heavy atom. The number of benzene rings is 1. The van der Waals surface area contributed by atoms with Gasteiger partial charge in [-0.15, -0.1) is 0 Å². The fraction of sp³-hybridized carbons (Fsp3) is 0.364. The van der Waals surface area contributed by atoms with E-state index in [1.807, 2.05) is 6.07 Å². The van der Waals surface area contributed by atoms with Gasteiger partial charge in [-0.25, -0.2) is 4.79 Å². The molecule has 1 aromatic rings. The lowest BCUT2D eigenvalue weighted by atomic mass is 9.97. The Balaban J connectivity index is 2.47. The highest BCUT2D eigenvalue weighted by Crippen LogP contribution is 2.28. The summed E-state index contributed by atoms with van der Waals surface area (Å²) in [4.78, 5) is 11.3. The Kier molecular flexibility index (Phi) is 2.60. The Hall–Kier alpha value is -1.55. The van der Waals surface area contributed by atoms with Gasteiger partial charge in [0.15, 0.2) is 0 Å². The van der Waals surface area contributed by atoms with Gasteiger partial charge in [0.1, 0.15) is 11.3 Å². The summed E-state index contributed by atoms with van der Waals surface area (Å²) in [5.41, 5.74) is 2.15. The fourth-order valence-corrected chi connectivity index (χ4v) is 1.83. The molecule has 0 amide bonds. The van der Waals surface area contributed by atoms with Gasteiger partial charge in [0.05, 0.1) is 7.11 Å². The van der Waals surface area contributed by atoms with Crippen LogP contribution in [0.4, 0.5) is 0 Å². The maximum absolute atomic E-state index is 11.3. The number of fused-ring (bicyclic) bond motifs is 1.